The lowest BCUT2D eigenvalue weighted by molar-refractivity contribution is -0.119. The Balaban J connectivity index is 2.79. The molecule has 0 aliphatic rings. The fraction of sp³-hybridized carbons (Fsp3) is 0.615. The molecule has 0 fully saturated rings. The molecular formula is C13H19ClF3N3. The van der Waals surface area contributed by atoms with E-state index >= 15 is 0 Å². The van der Waals surface area contributed by atoms with Crippen LogP contribution < -0.4 is 10.2 Å². The average molecular weight is 310 g/mol. The summed E-state index contributed by atoms with van der Waals surface area (Å²) in [5.41, 5.74) is 0.857. The standard InChI is InChI=1S/C13H19ClF3N3/c1-3-5-18-7-10-6-11(14)12(19-8-10)20(4-2)9-13(15,16)17/h6,8,18H,3-5,7,9H2,1-2H3. The molecular weight excluding hydrogens is 291 g/mol. The Labute approximate surface area is 122 Å². The van der Waals surface area contributed by atoms with Gasteiger partial charge in [0.2, 0.25) is 0 Å². The number of hydrogen-bond acceptors (Lipinski definition) is 3. The summed E-state index contributed by atoms with van der Waals surface area (Å²) >= 11 is 6.05. The summed E-state index contributed by atoms with van der Waals surface area (Å²) in [4.78, 5) is 5.18. The molecule has 1 N–H and O–H groups in total. The summed E-state index contributed by atoms with van der Waals surface area (Å²) in [7, 11) is 0. The van der Waals surface area contributed by atoms with Gasteiger partial charge >= 0.3 is 6.18 Å². The molecule has 0 atom stereocenters. The minimum atomic E-state index is -4.28. The van der Waals surface area contributed by atoms with E-state index in [1.807, 2.05) is 0 Å². The number of nitrogens with one attached hydrogen (secondary N) is 1. The van der Waals surface area contributed by atoms with Crippen molar-refractivity contribution in [1.29, 1.82) is 0 Å². The second kappa shape index (κ2) is 7.69. The van der Waals surface area contributed by atoms with Crippen LogP contribution in [0.4, 0.5) is 19.0 Å². The van der Waals surface area contributed by atoms with Crippen molar-refractivity contribution < 1.29 is 13.2 Å². The molecule has 114 valence electrons. The number of aromatic nitrogens is 1. The van der Waals surface area contributed by atoms with Crippen molar-refractivity contribution in [1.82, 2.24) is 10.3 Å². The summed E-state index contributed by atoms with van der Waals surface area (Å²) < 4.78 is 37.4. The zero-order chi connectivity index (χ0) is 15.2. The molecule has 1 aromatic rings. The third kappa shape index (κ3) is 5.54. The second-order valence-electron chi connectivity index (χ2n) is 4.46. The predicted molar refractivity (Wildman–Crippen MR) is 75.2 cm³/mol. The van der Waals surface area contributed by atoms with Crippen LogP contribution in [0.15, 0.2) is 12.3 Å². The maximum absolute atomic E-state index is 12.5. The summed E-state index contributed by atoms with van der Waals surface area (Å²) in [6.07, 6.45) is -1.71. The molecule has 0 aromatic carbocycles. The van der Waals surface area contributed by atoms with E-state index in [-0.39, 0.29) is 17.4 Å². The zero-order valence-electron chi connectivity index (χ0n) is 11.6. The molecule has 0 amide bonds. The van der Waals surface area contributed by atoms with Crippen LogP contribution in [-0.4, -0.2) is 30.8 Å². The van der Waals surface area contributed by atoms with Crippen LogP contribution in [0.1, 0.15) is 25.8 Å². The summed E-state index contributed by atoms with van der Waals surface area (Å²) in [5.74, 6) is 0.172. The van der Waals surface area contributed by atoms with E-state index in [2.05, 4.69) is 17.2 Å². The van der Waals surface area contributed by atoms with E-state index in [9.17, 15) is 13.2 Å². The molecule has 0 bridgehead atoms. The highest BCUT2D eigenvalue weighted by molar-refractivity contribution is 6.33. The van der Waals surface area contributed by atoms with Gasteiger partial charge in [0.15, 0.2) is 0 Å². The van der Waals surface area contributed by atoms with Crippen LogP contribution in [0.3, 0.4) is 0 Å². The van der Waals surface area contributed by atoms with E-state index in [1.165, 1.54) is 0 Å². The van der Waals surface area contributed by atoms with Crippen molar-refractivity contribution in [2.45, 2.75) is 33.0 Å². The topological polar surface area (TPSA) is 28.2 Å². The van der Waals surface area contributed by atoms with Gasteiger partial charge in [-0.2, -0.15) is 13.2 Å². The van der Waals surface area contributed by atoms with Gasteiger partial charge in [-0.1, -0.05) is 18.5 Å². The number of rotatable bonds is 7. The van der Waals surface area contributed by atoms with E-state index in [4.69, 9.17) is 11.6 Å². The van der Waals surface area contributed by atoms with Crippen molar-refractivity contribution in [3.05, 3.63) is 22.8 Å². The van der Waals surface area contributed by atoms with E-state index < -0.39 is 12.7 Å². The number of pyridine rings is 1. The molecule has 0 aliphatic carbocycles. The second-order valence-corrected chi connectivity index (χ2v) is 4.86. The lowest BCUT2D eigenvalue weighted by Gasteiger charge is -2.24. The van der Waals surface area contributed by atoms with Gasteiger partial charge in [-0.15, -0.1) is 0 Å². The van der Waals surface area contributed by atoms with Gasteiger partial charge in [0, 0.05) is 19.3 Å². The number of alkyl halides is 3. The Morgan fingerprint density at radius 3 is 2.55 bits per heavy atom. The normalized spacial score (nSPS) is 11.7. The first kappa shape index (κ1) is 17.0. The van der Waals surface area contributed by atoms with E-state index in [1.54, 1.807) is 19.2 Å². The lowest BCUT2D eigenvalue weighted by Crippen LogP contribution is -2.34. The van der Waals surface area contributed by atoms with Crippen LogP contribution in [0.25, 0.3) is 0 Å². The highest BCUT2D eigenvalue weighted by Gasteiger charge is 2.31. The molecule has 3 nitrogen and oxygen atoms in total. The molecule has 1 heterocycles. The van der Waals surface area contributed by atoms with Crippen LogP contribution >= 0.6 is 11.6 Å². The fourth-order valence-corrected chi connectivity index (χ4v) is 2.07. The van der Waals surface area contributed by atoms with Gasteiger partial charge in [0.1, 0.15) is 12.4 Å². The summed E-state index contributed by atoms with van der Waals surface area (Å²) in [5, 5.41) is 3.43. The smallest absolute Gasteiger partial charge is 0.347 e. The minimum Gasteiger partial charge on any atom is -0.347 e. The van der Waals surface area contributed by atoms with Gasteiger partial charge in [0.25, 0.3) is 0 Å². The van der Waals surface area contributed by atoms with Gasteiger partial charge < -0.3 is 10.2 Å². The zero-order valence-corrected chi connectivity index (χ0v) is 12.4. The van der Waals surface area contributed by atoms with Crippen molar-refractivity contribution >= 4 is 17.4 Å². The third-order valence-electron chi connectivity index (χ3n) is 2.69. The van der Waals surface area contributed by atoms with Crippen molar-refractivity contribution in [3.63, 3.8) is 0 Å². The van der Waals surface area contributed by atoms with Crippen LogP contribution in [0.2, 0.25) is 5.02 Å². The van der Waals surface area contributed by atoms with Crippen molar-refractivity contribution in [2.24, 2.45) is 0 Å². The SMILES string of the molecule is CCCNCc1cnc(N(CC)CC(F)(F)F)c(Cl)c1. The quantitative estimate of drug-likeness (QED) is 0.780. The number of nitrogens with zero attached hydrogens (tertiary/aromatic N) is 2. The van der Waals surface area contributed by atoms with Gasteiger partial charge in [0.05, 0.1) is 5.02 Å². The van der Waals surface area contributed by atoms with Gasteiger partial charge in [-0.25, -0.2) is 4.98 Å². The fourth-order valence-electron chi connectivity index (χ4n) is 1.76. The maximum atomic E-state index is 12.5. The lowest BCUT2D eigenvalue weighted by atomic mass is 10.2. The first-order chi connectivity index (χ1) is 9.37. The van der Waals surface area contributed by atoms with Crippen LogP contribution in [-0.2, 0) is 6.54 Å². The maximum Gasteiger partial charge on any atom is 0.405 e. The number of halogens is 4. The molecule has 0 radical (unpaired) electrons. The number of hydrogen-bond donors (Lipinski definition) is 1. The summed E-state index contributed by atoms with van der Waals surface area (Å²) in [6, 6.07) is 1.66. The van der Waals surface area contributed by atoms with E-state index in [0.717, 1.165) is 23.4 Å². The predicted octanol–water partition coefficient (Wildman–Crippen LogP) is 3.62. The Bertz CT molecular complexity index is 424. The molecule has 0 spiro atoms. The van der Waals surface area contributed by atoms with Gasteiger partial charge in [-0.3, -0.25) is 0 Å². The molecule has 1 aromatic heterocycles. The highest BCUT2D eigenvalue weighted by atomic mass is 35.5. The highest BCUT2D eigenvalue weighted by Crippen LogP contribution is 2.27. The first-order valence-corrected chi connectivity index (χ1v) is 6.92. The number of anilines is 1. The van der Waals surface area contributed by atoms with Crippen molar-refractivity contribution in [3.8, 4) is 0 Å². The Morgan fingerprint density at radius 1 is 1.35 bits per heavy atom. The van der Waals surface area contributed by atoms with E-state index in [0.29, 0.717) is 6.54 Å². The monoisotopic (exact) mass is 309 g/mol. The molecule has 7 heteroatoms. The molecule has 0 aliphatic heterocycles. The van der Waals surface area contributed by atoms with Crippen LogP contribution in [0, 0.1) is 0 Å². The van der Waals surface area contributed by atoms with Crippen LogP contribution in [0.5, 0.6) is 0 Å². The Morgan fingerprint density at radius 2 is 2.05 bits per heavy atom. The Kier molecular flexibility index (Phi) is 6.55. The van der Waals surface area contributed by atoms with Crippen molar-refractivity contribution in [2.75, 3.05) is 24.5 Å². The molecule has 0 saturated carbocycles. The molecule has 0 saturated heterocycles. The Hall–Kier alpha value is -1.01. The first-order valence-electron chi connectivity index (χ1n) is 6.54. The minimum absolute atomic E-state index is 0.172. The van der Waals surface area contributed by atoms with Gasteiger partial charge in [-0.05, 0) is 31.5 Å². The largest absolute Gasteiger partial charge is 0.405 e. The molecule has 1 rings (SSSR count). The summed E-state index contributed by atoms with van der Waals surface area (Å²) in [6.45, 7) is 4.31. The third-order valence-corrected chi connectivity index (χ3v) is 2.96. The molecule has 20 heavy (non-hydrogen) atoms. The average Bonchev–Trinajstić information content (AvgIpc) is 2.36. The molecule has 0 unspecified atom stereocenters.